The molecular formula is C19H18N2O2S. The van der Waals surface area contributed by atoms with Crippen LogP contribution in [0.1, 0.15) is 11.9 Å². The molecule has 1 unspecified atom stereocenters. The third-order valence-corrected chi connectivity index (χ3v) is 4.24. The summed E-state index contributed by atoms with van der Waals surface area (Å²) in [5.74, 6) is 0.484. The van der Waals surface area contributed by atoms with E-state index in [4.69, 9.17) is 4.74 Å². The second kappa shape index (κ2) is 7.27. The van der Waals surface area contributed by atoms with Crippen LogP contribution in [-0.4, -0.2) is 17.0 Å². The molecule has 1 heterocycles. The Kier molecular flexibility index (Phi) is 4.91. The van der Waals surface area contributed by atoms with Crippen LogP contribution in [0.5, 0.6) is 5.75 Å². The maximum Gasteiger partial charge on any atom is 0.265 e. The van der Waals surface area contributed by atoms with Crippen molar-refractivity contribution in [3.8, 4) is 17.0 Å². The van der Waals surface area contributed by atoms with Crippen molar-refractivity contribution in [1.29, 1.82) is 0 Å². The average Bonchev–Trinajstić information content (AvgIpc) is 3.02. The number of carbonyl (C=O) groups is 1. The predicted molar refractivity (Wildman–Crippen MR) is 97.4 cm³/mol. The van der Waals surface area contributed by atoms with Gasteiger partial charge in [-0.2, -0.15) is 0 Å². The zero-order chi connectivity index (χ0) is 16.9. The van der Waals surface area contributed by atoms with E-state index in [0.717, 1.165) is 22.0 Å². The molecule has 3 aromatic rings. The first kappa shape index (κ1) is 16.2. The standard InChI is InChI=1S/C19H18N2O2S/c1-13(23-17-9-4-3-5-10-17)19(22)21-16-8-6-7-15(11-16)18-12-24-14(2)20-18/h3-13H,1-2H3,(H,21,22). The first-order chi connectivity index (χ1) is 11.6. The van der Waals surface area contributed by atoms with Crippen molar-refractivity contribution in [2.75, 3.05) is 5.32 Å². The molecule has 0 aliphatic rings. The molecule has 0 spiro atoms. The summed E-state index contributed by atoms with van der Waals surface area (Å²) in [4.78, 5) is 16.8. The summed E-state index contributed by atoms with van der Waals surface area (Å²) in [7, 11) is 0. The quantitative estimate of drug-likeness (QED) is 0.744. The molecule has 1 aromatic heterocycles. The van der Waals surface area contributed by atoms with E-state index >= 15 is 0 Å². The number of hydrogen-bond acceptors (Lipinski definition) is 4. The molecule has 24 heavy (non-hydrogen) atoms. The normalized spacial score (nSPS) is 11.8. The highest BCUT2D eigenvalue weighted by atomic mass is 32.1. The van der Waals surface area contributed by atoms with Gasteiger partial charge in [0, 0.05) is 16.6 Å². The summed E-state index contributed by atoms with van der Waals surface area (Å²) in [5.41, 5.74) is 2.63. The molecule has 4 nitrogen and oxygen atoms in total. The zero-order valence-corrected chi connectivity index (χ0v) is 14.3. The number of amides is 1. The van der Waals surface area contributed by atoms with Crippen LogP contribution in [0, 0.1) is 6.92 Å². The van der Waals surface area contributed by atoms with Crippen LogP contribution in [0.15, 0.2) is 60.0 Å². The summed E-state index contributed by atoms with van der Waals surface area (Å²) in [6.45, 7) is 3.71. The third-order valence-electron chi connectivity index (χ3n) is 3.47. The van der Waals surface area contributed by atoms with Crippen LogP contribution < -0.4 is 10.1 Å². The van der Waals surface area contributed by atoms with Crippen LogP contribution in [0.2, 0.25) is 0 Å². The van der Waals surface area contributed by atoms with E-state index in [9.17, 15) is 4.79 Å². The van der Waals surface area contributed by atoms with Gasteiger partial charge in [-0.1, -0.05) is 30.3 Å². The maximum atomic E-state index is 12.3. The molecule has 0 aliphatic heterocycles. The van der Waals surface area contributed by atoms with E-state index in [2.05, 4.69) is 10.3 Å². The molecule has 1 amide bonds. The van der Waals surface area contributed by atoms with Crippen molar-refractivity contribution < 1.29 is 9.53 Å². The number of ether oxygens (including phenoxy) is 1. The Morgan fingerprint density at radius 2 is 1.96 bits per heavy atom. The van der Waals surface area contributed by atoms with Crippen molar-refractivity contribution in [2.45, 2.75) is 20.0 Å². The van der Waals surface area contributed by atoms with Gasteiger partial charge in [0.25, 0.3) is 5.91 Å². The number of aryl methyl sites for hydroxylation is 1. The maximum absolute atomic E-state index is 12.3. The van der Waals surface area contributed by atoms with Gasteiger partial charge < -0.3 is 10.1 Å². The van der Waals surface area contributed by atoms with Crippen LogP contribution in [0.25, 0.3) is 11.3 Å². The molecule has 1 atom stereocenters. The lowest BCUT2D eigenvalue weighted by Gasteiger charge is -2.15. The fourth-order valence-corrected chi connectivity index (χ4v) is 2.87. The van der Waals surface area contributed by atoms with Crippen LogP contribution >= 0.6 is 11.3 Å². The number of thiazole rings is 1. The molecule has 0 saturated heterocycles. The average molecular weight is 338 g/mol. The van der Waals surface area contributed by atoms with Crippen molar-refractivity contribution in [1.82, 2.24) is 4.98 Å². The molecule has 0 saturated carbocycles. The lowest BCUT2D eigenvalue weighted by Crippen LogP contribution is -2.30. The van der Waals surface area contributed by atoms with Crippen LogP contribution in [-0.2, 0) is 4.79 Å². The number of para-hydroxylation sites is 1. The first-order valence-electron chi connectivity index (χ1n) is 7.67. The lowest BCUT2D eigenvalue weighted by molar-refractivity contribution is -0.122. The monoisotopic (exact) mass is 338 g/mol. The third kappa shape index (κ3) is 4.00. The minimum Gasteiger partial charge on any atom is -0.481 e. The molecule has 3 rings (SSSR count). The van der Waals surface area contributed by atoms with E-state index in [1.807, 2.05) is 66.9 Å². The van der Waals surface area contributed by atoms with Crippen molar-refractivity contribution >= 4 is 22.9 Å². The Labute approximate surface area is 145 Å². The number of nitrogens with one attached hydrogen (secondary N) is 1. The summed E-state index contributed by atoms with van der Waals surface area (Å²) >= 11 is 1.61. The Morgan fingerprint density at radius 3 is 2.67 bits per heavy atom. The number of hydrogen-bond donors (Lipinski definition) is 1. The molecule has 1 N–H and O–H groups in total. The lowest BCUT2D eigenvalue weighted by atomic mass is 10.1. The first-order valence-corrected chi connectivity index (χ1v) is 8.55. The van der Waals surface area contributed by atoms with Gasteiger partial charge in [0.2, 0.25) is 0 Å². The van der Waals surface area contributed by atoms with Gasteiger partial charge in [-0.3, -0.25) is 4.79 Å². The summed E-state index contributed by atoms with van der Waals surface area (Å²) in [6, 6.07) is 17.0. The number of aromatic nitrogens is 1. The smallest absolute Gasteiger partial charge is 0.265 e. The molecule has 0 fully saturated rings. The van der Waals surface area contributed by atoms with Crippen molar-refractivity contribution in [3.63, 3.8) is 0 Å². The van der Waals surface area contributed by atoms with Crippen molar-refractivity contribution in [2.24, 2.45) is 0 Å². The predicted octanol–water partition coefficient (Wildman–Crippen LogP) is 4.52. The summed E-state index contributed by atoms with van der Waals surface area (Å²) < 4.78 is 5.64. The van der Waals surface area contributed by atoms with Crippen molar-refractivity contribution in [3.05, 3.63) is 65.0 Å². The number of carbonyl (C=O) groups excluding carboxylic acids is 1. The molecule has 2 aromatic carbocycles. The summed E-state index contributed by atoms with van der Waals surface area (Å²) in [5, 5.41) is 5.92. The zero-order valence-electron chi connectivity index (χ0n) is 13.5. The van der Waals surface area contributed by atoms with Gasteiger partial charge in [0.15, 0.2) is 6.10 Å². The minimum atomic E-state index is -0.586. The SMILES string of the molecule is Cc1nc(-c2cccc(NC(=O)C(C)Oc3ccccc3)c2)cs1. The molecule has 0 radical (unpaired) electrons. The highest BCUT2D eigenvalue weighted by Gasteiger charge is 2.15. The van der Waals surface area contributed by atoms with E-state index in [-0.39, 0.29) is 5.91 Å². The molecular weight excluding hydrogens is 320 g/mol. The molecule has 5 heteroatoms. The van der Waals surface area contributed by atoms with Gasteiger partial charge in [-0.25, -0.2) is 4.98 Å². The molecule has 0 bridgehead atoms. The van der Waals surface area contributed by atoms with Gasteiger partial charge in [0.1, 0.15) is 5.75 Å². The Hall–Kier alpha value is -2.66. The topological polar surface area (TPSA) is 51.2 Å². The second-order valence-electron chi connectivity index (χ2n) is 5.39. The Bertz CT molecular complexity index is 830. The fraction of sp³-hybridized carbons (Fsp3) is 0.158. The van der Waals surface area contributed by atoms with Gasteiger partial charge in [-0.15, -0.1) is 11.3 Å². The Morgan fingerprint density at radius 1 is 1.17 bits per heavy atom. The van der Waals surface area contributed by atoms with E-state index < -0.39 is 6.10 Å². The molecule has 122 valence electrons. The largest absolute Gasteiger partial charge is 0.481 e. The number of nitrogens with zero attached hydrogens (tertiary/aromatic N) is 1. The van der Waals surface area contributed by atoms with Gasteiger partial charge in [-0.05, 0) is 38.1 Å². The van der Waals surface area contributed by atoms with Crippen LogP contribution in [0.4, 0.5) is 5.69 Å². The van der Waals surface area contributed by atoms with E-state index in [1.54, 1.807) is 18.3 Å². The van der Waals surface area contributed by atoms with E-state index in [1.165, 1.54) is 0 Å². The highest BCUT2D eigenvalue weighted by Crippen LogP contribution is 2.24. The highest BCUT2D eigenvalue weighted by molar-refractivity contribution is 7.09. The fourth-order valence-electron chi connectivity index (χ4n) is 2.25. The number of anilines is 1. The molecule has 0 aliphatic carbocycles. The number of rotatable bonds is 5. The van der Waals surface area contributed by atoms with Crippen LogP contribution in [0.3, 0.4) is 0 Å². The Balaban J connectivity index is 1.68. The van der Waals surface area contributed by atoms with Gasteiger partial charge >= 0.3 is 0 Å². The van der Waals surface area contributed by atoms with Gasteiger partial charge in [0.05, 0.1) is 10.7 Å². The second-order valence-corrected chi connectivity index (χ2v) is 6.46. The minimum absolute atomic E-state index is 0.189. The summed E-state index contributed by atoms with van der Waals surface area (Å²) in [6.07, 6.45) is -0.586. The number of benzene rings is 2. The van der Waals surface area contributed by atoms with E-state index in [0.29, 0.717) is 5.75 Å².